The van der Waals surface area contributed by atoms with Crippen LogP contribution in [0.15, 0.2) is 18.2 Å². The zero-order chi connectivity index (χ0) is 18.0. The molecule has 4 nitrogen and oxygen atoms in total. The summed E-state index contributed by atoms with van der Waals surface area (Å²) in [5, 5.41) is 0. The largest absolute Gasteiger partial charge is 0.368 e. The first-order valence-corrected chi connectivity index (χ1v) is 9.65. The Balaban J connectivity index is 1.73. The molecule has 0 bridgehead atoms. The second-order valence-corrected chi connectivity index (χ2v) is 7.52. The van der Waals surface area contributed by atoms with E-state index in [-0.39, 0.29) is 24.6 Å². The van der Waals surface area contributed by atoms with E-state index in [1.165, 1.54) is 16.7 Å². The van der Waals surface area contributed by atoms with Crippen molar-refractivity contribution in [3.63, 3.8) is 0 Å². The van der Waals surface area contributed by atoms with Gasteiger partial charge in [0.25, 0.3) is 0 Å². The minimum atomic E-state index is -0.564. The molecular formula is C21H32O4. The summed E-state index contributed by atoms with van der Waals surface area (Å²) < 4.78 is 24.8. The lowest BCUT2D eigenvalue weighted by atomic mass is 10.0. The first-order chi connectivity index (χ1) is 12.0. The van der Waals surface area contributed by atoms with Gasteiger partial charge in [0.15, 0.2) is 12.1 Å². The van der Waals surface area contributed by atoms with Crippen molar-refractivity contribution in [2.75, 3.05) is 0 Å². The Bertz CT molecular complexity index is 567. The van der Waals surface area contributed by atoms with Gasteiger partial charge in [0.1, 0.15) is 12.2 Å². The molecule has 2 fully saturated rings. The van der Waals surface area contributed by atoms with Crippen molar-refractivity contribution in [3.05, 3.63) is 34.9 Å². The van der Waals surface area contributed by atoms with Crippen molar-refractivity contribution < 1.29 is 18.9 Å². The van der Waals surface area contributed by atoms with E-state index < -0.39 is 5.79 Å². The maximum Gasteiger partial charge on any atom is 0.190 e. The van der Waals surface area contributed by atoms with Crippen molar-refractivity contribution in [2.24, 2.45) is 0 Å². The molecule has 0 aliphatic carbocycles. The van der Waals surface area contributed by atoms with Crippen LogP contribution in [-0.4, -0.2) is 30.4 Å². The summed E-state index contributed by atoms with van der Waals surface area (Å²) in [6, 6.07) is 6.36. The fourth-order valence-corrected chi connectivity index (χ4v) is 3.74. The van der Waals surface area contributed by atoms with Gasteiger partial charge in [-0.15, -0.1) is 0 Å². The lowest BCUT2D eigenvalue weighted by molar-refractivity contribution is -0.229. The van der Waals surface area contributed by atoms with Gasteiger partial charge in [-0.2, -0.15) is 0 Å². The van der Waals surface area contributed by atoms with Crippen molar-refractivity contribution in [1.82, 2.24) is 0 Å². The van der Waals surface area contributed by atoms with E-state index >= 15 is 0 Å². The highest BCUT2D eigenvalue weighted by Gasteiger charge is 2.55. The average Bonchev–Trinajstić information content (AvgIpc) is 3.06. The predicted molar refractivity (Wildman–Crippen MR) is 97.3 cm³/mol. The van der Waals surface area contributed by atoms with Crippen molar-refractivity contribution >= 4 is 0 Å². The topological polar surface area (TPSA) is 36.9 Å². The molecule has 1 aromatic rings. The highest BCUT2D eigenvalue weighted by molar-refractivity contribution is 5.32. The maximum absolute atomic E-state index is 6.38. The van der Waals surface area contributed by atoms with Crippen molar-refractivity contribution in [3.8, 4) is 0 Å². The summed E-state index contributed by atoms with van der Waals surface area (Å²) in [5.41, 5.74) is 3.79. The minimum absolute atomic E-state index is 0.0423. The summed E-state index contributed by atoms with van der Waals surface area (Å²) in [6.45, 7) is 11.1. The minimum Gasteiger partial charge on any atom is -0.368 e. The second-order valence-electron chi connectivity index (χ2n) is 7.52. The fraction of sp³-hybridized carbons (Fsp3) is 0.714. The highest BCUT2D eigenvalue weighted by atomic mass is 16.8. The lowest BCUT2D eigenvalue weighted by Crippen LogP contribution is -2.37. The normalized spacial score (nSPS) is 34.4. The Morgan fingerprint density at radius 2 is 1.84 bits per heavy atom. The summed E-state index contributed by atoms with van der Waals surface area (Å²) >= 11 is 0. The van der Waals surface area contributed by atoms with E-state index in [4.69, 9.17) is 18.9 Å². The Morgan fingerprint density at radius 3 is 2.48 bits per heavy atom. The van der Waals surface area contributed by atoms with Gasteiger partial charge in [0.2, 0.25) is 0 Å². The molecule has 0 N–H and O–H groups in total. The average molecular weight is 348 g/mol. The Hall–Kier alpha value is -0.940. The van der Waals surface area contributed by atoms with Crippen LogP contribution >= 0.6 is 0 Å². The second kappa shape index (κ2) is 7.75. The number of aryl methyl sites for hydroxylation is 2. The molecule has 2 saturated heterocycles. The first-order valence-electron chi connectivity index (χ1n) is 9.65. The molecule has 2 heterocycles. The molecule has 0 saturated carbocycles. The zero-order valence-corrected chi connectivity index (χ0v) is 16.2. The van der Waals surface area contributed by atoms with Crippen LogP contribution in [0, 0.1) is 13.8 Å². The lowest BCUT2D eigenvalue weighted by Gasteiger charge is -2.28. The van der Waals surface area contributed by atoms with Gasteiger partial charge in [-0.25, -0.2) is 0 Å². The van der Waals surface area contributed by atoms with Crippen LogP contribution < -0.4 is 0 Å². The predicted octanol–water partition coefficient (Wildman–Crippen LogP) is 4.65. The molecule has 2 aliphatic rings. The van der Waals surface area contributed by atoms with Crippen LogP contribution in [0.3, 0.4) is 0 Å². The molecule has 1 aromatic carbocycles. The molecular weight excluding hydrogens is 316 g/mol. The van der Waals surface area contributed by atoms with Crippen LogP contribution in [0.25, 0.3) is 0 Å². The van der Waals surface area contributed by atoms with Crippen LogP contribution in [0.2, 0.25) is 0 Å². The number of unbranched alkanes of at least 4 members (excludes halogenated alkanes) is 1. The number of rotatable bonds is 7. The molecule has 1 unspecified atom stereocenters. The summed E-state index contributed by atoms with van der Waals surface area (Å²) in [6.07, 6.45) is 3.56. The first kappa shape index (κ1) is 18.8. The quantitative estimate of drug-likeness (QED) is 0.719. The number of ether oxygens (including phenoxy) is 4. The van der Waals surface area contributed by atoms with E-state index in [0.717, 1.165) is 25.7 Å². The van der Waals surface area contributed by atoms with Gasteiger partial charge in [0.05, 0.1) is 12.7 Å². The van der Waals surface area contributed by atoms with Crippen LogP contribution in [0.5, 0.6) is 0 Å². The van der Waals surface area contributed by atoms with E-state index in [0.29, 0.717) is 6.61 Å². The van der Waals surface area contributed by atoms with Gasteiger partial charge >= 0.3 is 0 Å². The molecule has 140 valence electrons. The molecule has 4 heteroatoms. The molecule has 2 aliphatic heterocycles. The van der Waals surface area contributed by atoms with E-state index in [9.17, 15) is 0 Å². The van der Waals surface area contributed by atoms with Crippen molar-refractivity contribution in [1.29, 1.82) is 0 Å². The van der Waals surface area contributed by atoms with Crippen LogP contribution in [0.1, 0.15) is 63.1 Å². The molecule has 0 spiro atoms. The number of benzene rings is 1. The molecule has 0 amide bonds. The molecule has 0 aromatic heterocycles. The standard InChI is InChI=1S/C21H32O4/c1-6-8-12-17-18(19-20(23-17)25-21(5,7-2)24-19)22-13-16-14(3)10-9-11-15(16)4/h9-11,17-20H,6-8,12-13H2,1-5H3/t17-,18+,19-,20-,21?/m1/s1. The van der Waals surface area contributed by atoms with E-state index in [1.807, 2.05) is 6.92 Å². The summed E-state index contributed by atoms with van der Waals surface area (Å²) in [4.78, 5) is 0. The summed E-state index contributed by atoms with van der Waals surface area (Å²) in [7, 11) is 0. The number of hydrogen-bond donors (Lipinski definition) is 0. The van der Waals surface area contributed by atoms with Crippen molar-refractivity contribution in [2.45, 2.75) is 97.3 Å². The fourth-order valence-electron chi connectivity index (χ4n) is 3.74. The van der Waals surface area contributed by atoms with Crippen LogP contribution in [-0.2, 0) is 25.6 Å². The highest BCUT2D eigenvalue weighted by Crippen LogP contribution is 2.41. The monoisotopic (exact) mass is 348 g/mol. The number of hydrogen-bond acceptors (Lipinski definition) is 4. The molecule has 0 radical (unpaired) electrons. The summed E-state index contributed by atoms with van der Waals surface area (Å²) in [5.74, 6) is -0.564. The van der Waals surface area contributed by atoms with Gasteiger partial charge in [-0.1, -0.05) is 44.9 Å². The molecule has 25 heavy (non-hydrogen) atoms. The van der Waals surface area contributed by atoms with Crippen LogP contribution in [0.4, 0.5) is 0 Å². The van der Waals surface area contributed by atoms with E-state index in [2.05, 4.69) is 45.9 Å². The van der Waals surface area contributed by atoms with Gasteiger partial charge in [-0.05, 0) is 50.3 Å². The third-order valence-corrected chi connectivity index (χ3v) is 5.57. The van der Waals surface area contributed by atoms with Gasteiger partial charge in [-0.3, -0.25) is 0 Å². The third-order valence-electron chi connectivity index (χ3n) is 5.57. The number of fused-ring (bicyclic) bond motifs is 1. The van der Waals surface area contributed by atoms with Gasteiger partial charge < -0.3 is 18.9 Å². The SMILES string of the molecule is CCCC[C@H]1O[C@@H]2OC(C)(CC)O[C@@H]2[C@H]1OCc1c(C)cccc1C. The Morgan fingerprint density at radius 1 is 1.12 bits per heavy atom. The maximum atomic E-state index is 6.38. The molecule has 5 atom stereocenters. The Labute approximate surface area is 151 Å². The zero-order valence-electron chi connectivity index (χ0n) is 16.2. The Kier molecular flexibility index (Phi) is 5.84. The molecule has 3 rings (SSSR count). The van der Waals surface area contributed by atoms with Gasteiger partial charge in [0, 0.05) is 0 Å². The van der Waals surface area contributed by atoms with E-state index in [1.54, 1.807) is 0 Å². The third kappa shape index (κ3) is 3.92. The smallest absolute Gasteiger partial charge is 0.190 e.